The van der Waals surface area contributed by atoms with Crippen LogP contribution in [0.2, 0.25) is 0 Å². The molecule has 0 aliphatic carbocycles. The molecular formula is C12H24O5. The minimum atomic E-state index is -1.15. The number of aliphatic hydroxyl groups excluding tert-OH is 3. The zero-order valence-electron chi connectivity index (χ0n) is 10.5. The van der Waals surface area contributed by atoms with Crippen LogP contribution < -0.4 is 0 Å². The van der Waals surface area contributed by atoms with Gasteiger partial charge in [0.25, 0.3) is 0 Å². The van der Waals surface area contributed by atoms with E-state index in [0.717, 1.165) is 12.8 Å². The number of ether oxygens (including phenoxy) is 2. The Morgan fingerprint density at radius 3 is 2.59 bits per heavy atom. The van der Waals surface area contributed by atoms with E-state index in [2.05, 4.69) is 6.92 Å². The van der Waals surface area contributed by atoms with Crippen molar-refractivity contribution in [3.8, 4) is 0 Å². The summed E-state index contributed by atoms with van der Waals surface area (Å²) in [6.45, 7) is 2.55. The Balaban J connectivity index is 2.23. The van der Waals surface area contributed by atoms with Gasteiger partial charge in [-0.25, -0.2) is 0 Å². The normalized spacial score (nSPS) is 33.2. The van der Waals surface area contributed by atoms with E-state index < -0.39 is 17.8 Å². The maximum atomic E-state index is 9.73. The topological polar surface area (TPSA) is 79.2 Å². The lowest BCUT2D eigenvalue weighted by atomic mass is 9.97. The molecule has 0 radical (unpaired) electrons. The molecule has 0 bridgehead atoms. The molecule has 102 valence electrons. The molecule has 1 rings (SSSR count). The van der Waals surface area contributed by atoms with Gasteiger partial charge in [-0.05, 0) is 6.42 Å². The molecule has 5 heteroatoms. The highest BCUT2D eigenvalue weighted by Gasteiger charge is 2.48. The van der Waals surface area contributed by atoms with Gasteiger partial charge in [0, 0.05) is 6.61 Å². The van der Waals surface area contributed by atoms with Crippen LogP contribution in [-0.4, -0.2) is 59.6 Å². The van der Waals surface area contributed by atoms with Crippen LogP contribution in [0.1, 0.15) is 32.6 Å². The van der Waals surface area contributed by atoms with Crippen LogP contribution in [0.5, 0.6) is 0 Å². The monoisotopic (exact) mass is 248 g/mol. The van der Waals surface area contributed by atoms with Crippen molar-refractivity contribution in [1.29, 1.82) is 0 Å². The van der Waals surface area contributed by atoms with Crippen molar-refractivity contribution in [1.82, 2.24) is 0 Å². The van der Waals surface area contributed by atoms with Gasteiger partial charge in [-0.15, -0.1) is 0 Å². The lowest BCUT2D eigenvalue weighted by Crippen LogP contribution is -2.50. The van der Waals surface area contributed by atoms with Crippen LogP contribution >= 0.6 is 0 Å². The molecule has 3 atom stereocenters. The van der Waals surface area contributed by atoms with Crippen LogP contribution in [-0.2, 0) is 9.47 Å². The predicted molar refractivity (Wildman–Crippen MR) is 62.7 cm³/mol. The van der Waals surface area contributed by atoms with E-state index in [0.29, 0.717) is 6.61 Å². The molecule has 1 saturated heterocycles. The van der Waals surface area contributed by atoms with Gasteiger partial charge >= 0.3 is 0 Å². The average molecular weight is 248 g/mol. The summed E-state index contributed by atoms with van der Waals surface area (Å²) in [5, 5.41) is 28.4. The molecule has 0 spiro atoms. The highest BCUT2D eigenvalue weighted by Crippen LogP contribution is 2.26. The van der Waals surface area contributed by atoms with Gasteiger partial charge in [-0.1, -0.05) is 26.2 Å². The smallest absolute Gasteiger partial charge is 0.143 e. The second-order valence-corrected chi connectivity index (χ2v) is 4.66. The van der Waals surface area contributed by atoms with Crippen molar-refractivity contribution in [3.05, 3.63) is 0 Å². The lowest BCUT2D eigenvalue weighted by molar-refractivity contribution is -0.135. The Morgan fingerprint density at radius 1 is 1.29 bits per heavy atom. The minimum absolute atomic E-state index is 0.0426. The number of aliphatic hydroxyl groups is 3. The summed E-state index contributed by atoms with van der Waals surface area (Å²) in [6, 6.07) is 0. The summed E-state index contributed by atoms with van der Waals surface area (Å²) in [4.78, 5) is 0. The highest BCUT2D eigenvalue weighted by molar-refractivity contribution is 4.97. The maximum absolute atomic E-state index is 9.73. The van der Waals surface area contributed by atoms with Gasteiger partial charge < -0.3 is 24.8 Å². The first-order valence-electron chi connectivity index (χ1n) is 6.35. The summed E-state index contributed by atoms with van der Waals surface area (Å²) in [6.07, 6.45) is 2.43. The van der Waals surface area contributed by atoms with Crippen LogP contribution in [0.25, 0.3) is 0 Å². The van der Waals surface area contributed by atoms with Gasteiger partial charge in [0.1, 0.15) is 17.8 Å². The van der Waals surface area contributed by atoms with E-state index in [1.807, 2.05) is 0 Å². The lowest BCUT2D eigenvalue weighted by Gasteiger charge is -2.29. The summed E-state index contributed by atoms with van der Waals surface area (Å²) >= 11 is 0. The molecule has 1 heterocycles. The maximum Gasteiger partial charge on any atom is 0.143 e. The Morgan fingerprint density at radius 2 is 2.06 bits per heavy atom. The fourth-order valence-corrected chi connectivity index (χ4v) is 1.97. The van der Waals surface area contributed by atoms with Gasteiger partial charge in [0.2, 0.25) is 0 Å². The molecule has 17 heavy (non-hydrogen) atoms. The van der Waals surface area contributed by atoms with Crippen LogP contribution in [0.3, 0.4) is 0 Å². The number of hydrogen-bond acceptors (Lipinski definition) is 5. The molecule has 0 aromatic carbocycles. The summed E-state index contributed by atoms with van der Waals surface area (Å²) in [7, 11) is 0. The largest absolute Gasteiger partial charge is 0.393 e. The average Bonchev–Trinajstić information content (AvgIpc) is 2.62. The molecule has 1 unspecified atom stereocenters. The molecular weight excluding hydrogens is 224 g/mol. The third kappa shape index (κ3) is 3.89. The summed E-state index contributed by atoms with van der Waals surface area (Å²) in [5.74, 6) is 0. The van der Waals surface area contributed by atoms with Gasteiger partial charge in [0.05, 0.1) is 19.8 Å². The highest BCUT2D eigenvalue weighted by atomic mass is 16.6. The van der Waals surface area contributed by atoms with Crippen LogP contribution in [0.15, 0.2) is 0 Å². The Labute approximate surface area is 102 Å². The third-order valence-electron chi connectivity index (χ3n) is 3.20. The standard InChI is InChI=1S/C12H24O5/c1-2-3-4-5-6-16-9-12(8-13)11(15)10(14)7-17-12/h10-11,13-15H,2-9H2,1H3/t10-,11?,12-/m1/s1. The predicted octanol–water partition coefficient (Wildman–Crippen LogP) is 0.0664. The van der Waals surface area contributed by atoms with E-state index in [4.69, 9.17) is 9.47 Å². The second kappa shape index (κ2) is 7.28. The molecule has 5 nitrogen and oxygen atoms in total. The van der Waals surface area contributed by atoms with E-state index in [-0.39, 0.29) is 19.8 Å². The fourth-order valence-electron chi connectivity index (χ4n) is 1.97. The number of hydrogen-bond donors (Lipinski definition) is 3. The summed E-state index contributed by atoms with van der Waals surface area (Å²) in [5.41, 5.74) is -1.15. The molecule has 0 aromatic rings. The van der Waals surface area contributed by atoms with Crippen molar-refractivity contribution in [2.75, 3.05) is 26.4 Å². The molecule has 0 saturated carbocycles. The van der Waals surface area contributed by atoms with E-state index >= 15 is 0 Å². The van der Waals surface area contributed by atoms with Crippen molar-refractivity contribution >= 4 is 0 Å². The molecule has 3 N–H and O–H groups in total. The molecule has 1 aliphatic heterocycles. The van der Waals surface area contributed by atoms with Crippen molar-refractivity contribution in [2.45, 2.75) is 50.4 Å². The number of rotatable bonds is 8. The third-order valence-corrected chi connectivity index (χ3v) is 3.20. The Hall–Kier alpha value is -0.200. The minimum Gasteiger partial charge on any atom is -0.393 e. The van der Waals surface area contributed by atoms with Gasteiger partial charge in [-0.3, -0.25) is 0 Å². The molecule has 1 fully saturated rings. The van der Waals surface area contributed by atoms with Crippen LogP contribution in [0.4, 0.5) is 0 Å². The Kier molecular flexibility index (Phi) is 6.37. The van der Waals surface area contributed by atoms with E-state index in [9.17, 15) is 15.3 Å². The molecule has 1 aliphatic rings. The molecule has 0 aromatic heterocycles. The van der Waals surface area contributed by atoms with Crippen LogP contribution in [0, 0.1) is 0 Å². The quantitative estimate of drug-likeness (QED) is 0.530. The SMILES string of the molecule is CCCCCCOC[C@@]1(CO)OC[C@@H](O)C1O. The van der Waals surface area contributed by atoms with E-state index in [1.165, 1.54) is 12.8 Å². The first-order chi connectivity index (χ1) is 8.16. The van der Waals surface area contributed by atoms with Crippen molar-refractivity contribution in [3.63, 3.8) is 0 Å². The fraction of sp³-hybridized carbons (Fsp3) is 1.00. The zero-order chi connectivity index (χ0) is 12.7. The first-order valence-corrected chi connectivity index (χ1v) is 6.35. The van der Waals surface area contributed by atoms with E-state index in [1.54, 1.807) is 0 Å². The first kappa shape index (κ1) is 14.9. The zero-order valence-corrected chi connectivity index (χ0v) is 10.5. The van der Waals surface area contributed by atoms with Crippen molar-refractivity contribution < 1.29 is 24.8 Å². The van der Waals surface area contributed by atoms with Gasteiger partial charge in [-0.2, -0.15) is 0 Å². The molecule has 0 amide bonds. The summed E-state index contributed by atoms with van der Waals surface area (Å²) < 4.78 is 10.7. The number of unbranched alkanes of at least 4 members (excludes halogenated alkanes) is 3. The Bertz CT molecular complexity index is 211. The van der Waals surface area contributed by atoms with Gasteiger partial charge in [0.15, 0.2) is 0 Å². The van der Waals surface area contributed by atoms with Crippen molar-refractivity contribution in [2.24, 2.45) is 0 Å². The second-order valence-electron chi connectivity index (χ2n) is 4.66.